The maximum Gasteiger partial charge on any atom is 0.407 e. The molecule has 20 heavy (non-hydrogen) atoms. The maximum absolute atomic E-state index is 11.3. The van der Waals surface area contributed by atoms with Crippen LogP contribution in [0.15, 0.2) is 22.7 Å². The molecular weight excluding hydrogens is 351 g/mol. The predicted octanol–water partition coefficient (Wildman–Crippen LogP) is 3.59. The van der Waals surface area contributed by atoms with E-state index in [0.717, 1.165) is 0 Å². The lowest BCUT2D eigenvalue weighted by molar-refractivity contribution is -0.385. The number of amides is 1. The third-order valence-corrected chi connectivity index (χ3v) is 3.79. The van der Waals surface area contributed by atoms with Gasteiger partial charge in [-0.3, -0.25) is 10.1 Å². The van der Waals surface area contributed by atoms with Crippen LogP contribution in [0.4, 0.5) is 10.5 Å². The van der Waals surface area contributed by atoms with Crippen molar-refractivity contribution < 1.29 is 14.5 Å². The Morgan fingerprint density at radius 3 is 2.75 bits per heavy atom. The number of nitrogens with zero attached hydrogens (tertiary/aromatic N) is 1. The monoisotopic (exact) mass is 364 g/mol. The smallest absolute Gasteiger partial charge is 0.407 e. The van der Waals surface area contributed by atoms with Crippen LogP contribution >= 0.6 is 28.3 Å². The summed E-state index contributed by atoms with van der Waals surface area (Å²) in [5.74, 6) is 0. The molecule has 1 aromatic carbocycles. The van der Waals surface area contributed by atoms with Crippen LogP contribution in [0.5, 0.6) is 0 Å². The van der Waals surface area contributed by atoms with Gasteiger partial charge >= 0.3 is 6.09 Å². The second-order valence-corrected chi connectivity index (χ2v) is 5.96. The van der Waals surface area contributed by atoms with Crippen molar-refractivity contribution in [2.75, 3.05) is 6.61 Å². The van der Waals surface area contributed by atoms with E-state index in [-0.39, 0.29) is 36.2 Å². The van der Waals surface area contributed by atoms with Gasteiger partial charge in [-0.25, -0.2) is 4.79 Å². The third-order valence-electron chi connectivity index (χ3n) is 3.12. The summed E-state index contributed by atoms with van der Waals surface area (Å²) in [6, 6.07) is 4.53. The SMILES string of the molecule is CC1(C)COC(=O)N[C@@H]1c1ccc(Br)c([N+](=O)[O-])c1.Cl. The topological polar surface area (TPSA) is 81.5 Å². The number of carbonyl (C=O) groups excluding carboxylic acids is 1. The first kappa shape index (κ1) is 16.7. The molecule has 6 nitrogen and oxygen atoms in total. The van der Waals surface area contributed by atoms with E-state index in [2.05, 4.69) is 21.2 Å². The summed E-state index contributed by atoms with van der Waals surface area (Å²) in [5.41, 5.74) is 0.334. The van der Waals surface area contributed by atoms with Crippen molar-refractivity contribution in [3.63, 3.8) is 0 Å². The molecule has 8 heteroatoms. The summed E-state index contributed by atoms with van der Waals surface area (Å²) < 4.78 is 5.37. The Morgan fingerprint density at radius 1 is 1.50 bits per heavy atom. The van der Waals surface area contributed by atoms with Crippen LogP contribution in [0.1, 0.15) is 25.5 Å². The molecule has 1 aromatic rings. The summed E-state index contributed by atoms with van der Waals surface area (Å²) in [6.07, 6.45) is -0.505. The van der Waals surface area contributed by atoms with E-state index in [1.807, 2.05) is 13.8 Å². The first-order chi connectivity index (χ1) is 8.81. The number of cyclic esters (lactones) is 1. The summed E-state index contributed by atoms with van der Waals surface area (Å²) in [4.78, 5) is 21.8. The number of carbonyl (C=O) groups is 1. The van der Waals surface area contributed by atoms with Crippen molar-refractivity contribution in [1.82, 2.24) is 5.32 Å². The van der Waals surface area contributed by atoms with Crippen LogP contribution in [0.3, 0.4) is 0 Å². The Hall–Kier alpha value is -1.34. The Labute approximate surface area is 130 Å². The number of nitrogens with one attached hydrogen (secondary N) is 1. The zero-order chi connectivity index (χ0) is 14.2. The standard InChI is InChI=1S/C12H13BrN2O4.ClH/c1-12(2)6-19-11(16)14-10(12)7-3-4-8(13)9(5-7)15(17)18;/h3-5,10H,6H2,1-2H3,(H,14,16);1H/t10-;/m1./s1. The summed E-state index contributed by atoms with van der Waals surface area (Å²) in [7, 11) is 0. The van der Waals surface area contributed by atoms with Gasteiger partial charge in [0, 0.05) is 11.5 Å². The van der Waals surface area contributed by atoms with Crippen LogP contribution in [0, 0.1) is 15.5 Å². The van der Waals surface area contributed by atoms with Gasteiger partial charge < -0.3 is 10.1 Å². The Bertz CT molecular complexity index is 550. The van der Waals surface area contributed by atoms with Crippen LogP contribution in [-0.4, -0.2) is 17.6 Å². The summed E-state index contributed by atoms with van der Waals surface area (Å²) >= 11 is 3.14. The molecule has 0 saturated carbocycles. The average molecular weight is 366 g/mol. The van der Waals surface area contributed by atoms with Crippen LogP contribution < -0.4 is 5.32 Å². The quantitative estimate of drug-likeness (QED) is 0.641. The normalized spacial score (nSPS) is 20.4. The molecule has 1 aliphatic rings. The van der Waals surface area contributed by atoms with Gasteiger partial charge in [0.05, 0.1) is 15.4 Å². The highest BCUT2D eigenvalue weighted by Gasteiger charge is 2.38. The number of rotatable bonds is 2. The van der Waals surface area contributed by atoms with Crippen molar-refractivity contribution in [3.05, 3.63) is 38.3 Å². The summed E-state index contributed by atoms with van der Waals surface area (Å²) in [5, 5.41) is 13.7. The minimum Gasteiger partial charge on any atom is -0.449 e. The number of nitro groups is 1. The average Bonchev–Trinajstić information content (AvgIpc) is 2.33. The highest BCUT2D eigenvalue weighted by molar-refractivity contribution is 9.10. The number of ether oxygens (including phenoxy) is 1. The molecule has 0 radical (unpaired) electrons. The molecule has 1 fully saturated rings. The van der Waals surface area contributed by atoms with Crippen molar-refractivity contribution in [1.29, 1.82) is 0 Å². The number of nitro benzene ring substituents is 1. The predicted molar refractivity (Wildman–Crippen MR) is 79.1 cm³/mol. The van der Waals surface area contributed by atoms with E-state index < -0.39 is 11.0 Å². The van der Waals surface area contributed by atoms with E-state index in [4.69, 9.17) is 4.74 Å². The second-order valence-electron chi connectivity index (χ2n) is 5.11. The minimum absolute atomic E-state index is 0. The first-order valence-electron chi connectivity index (χ1n) is 5.68. The lowest BCUT2D eigenvalue weighted by Crippen LogP contribution is -2.46. The number of hydrogen-bond donors (Lipinski definition) is 1. The molecule has 1 N–H and O–H groups in total. The van der Waals surface area contributed by atoms with Gasteiger partial charge in [0.25, 0.3) is 5.69 Å². The fraction of sp³-hybridized carbons (Fsp3) is 0.417. The van der Waals surface area contributed by atoms with Gasteiger partial charge in [-0.15, -0.1) is 12.4 Å². The zero-order valence-electron chi connectivity index (χ0n) is 10.9. The van der Waals surface area contributed by atoms with Crippen LogP contribution in [0.2, 0.25) is 0 Å². The Kier molecular flexibility index (Phi) is 4.99. The van der Waals surface area contributed by atoms with E-state index in [1.54, 1.807) is 12.1 Å². The van der Waals surface area contributed by atoms with Gasteiger partial charge in [-0.1, -0.05) is 19.9 Å². The highest BCUT2D eigenvalue weighted by Crippen LogP contribution is 2.38. The second kappa shape index (κ2) is 5.97. The molecule has 0 unspecified atom stereocenters. The van der Waals surface area contributed by atoms with Crippen molar-refractivity contribution in [2.45, 2.75) is 19.9 Å². The van der Waals surface area contributed by atoms with Crippen LogP contribution in [0.25, 0.3) is 0 Å². The molecule has 0 aromatic heterocycles. The minimum atomic E-state index is -0.505. The third kappa shape index (κ3) is 3.21. The fourth-order valence-electron chi connectivity index (χ4n) is 2.07. The lowest BCUT2D eigenvalue weighted by atomic mass is 9.80. The van der Waals surface area contributed by atoms with Crippen molar-refractivity contribution >= 4 is 40.1 Å². The van der Waals surface area contributed by atoms with Crippen molar-refractivity contribution in [2.24, 2.45) is 5.41 Å². The number of halogens is 2. The molecule has 1 amide bonds. The molecular formula is C12H14BrClN2O4. The van der Waals surface area contributed by atoms with Crippen molar-refractivity contribution in [3.8, 4) is 0 Å². The molecule has 1 aliphatic heterocycles. The lowest BCUT2D eigenvalue weighted by Gasteiger charge is -2.38. The molecule has 1 heterocycles. The summed E-state index contributed by atoms with van der Waals surface area (Å²) in [6.45, 7) is 4.14. The van der Waals surface area contributed by atoms with Gasteiger partial charge in [-0.05, 0) is 27.6 Å². The molecule has 0 bridgehead atoms. The van der Waals surface area contributed by atoms with Crippen LogP contribution in [-0.2, 0) is 4.74 Å². The zero-order valence-corrected chi connectivity index (χ0v) is 13.3. The number of hydrogen-bond acceptors (Lipinski definition) is 4. The molecule has 1 saturated heterocycles. The van der Waals surface area contributed by atoms with Gasteiger partial charge in [0.2, 0.25) is 0 Å². The first-order valence-corrected chi connectivity index (χ1v) is 6.48. The van der Waals surface area contributed by atoms with E-state index in [9.17, 15) is 14.9 Å². The van der Waals surface area contributed by atoms with E-state index in [1.165, 1.54) is 6.07 Å². The Balaban J connectivity index is 0.00000200. The molecule has 0 aliphatic carbocycles. The number of alkyl carbamates (subject to hydrolysis) is 1. The molecule has 0 spiro atoms. The van der Waals surface area contributed by atoms with E-state index in [0.29, 0.717) is 10.0 Å². The molecule has 110 valence electrons. The van der Waals surface area contributed by atoms with Gasteiger partial charge in [0.15, 0.2) is 0 Å². The highest BCUT2D eigenvalue weighted by atomic mass is 79.9. The van der Waals surface area contributed by atoms with Gasteiger partial charge in [-0.2, -0.15) is 0 Å². The maximum atomic E-state index is 11.3. The molecule has 2 rings (SSSR count). The van der Waals surface area contributed by atoms with Gasteiger partial charge in [0.1, 0.15) is 6.61 Å². The van der Waals surface area contributed by atoms with E-state index >= 15 is 0 Å². The molecule has 1 atom stereocenters. The largest absolute Gasteiger partial charge is 0.449 e. The number of benzene rings is 1. The fourth-order valence-corrected chi connectivity index (χ4v) is 2.46. The Morgan fingerprint density at radius 2 is 2.15 bits per heavy atom.